The van der Waals surface area contributed by atoms with Gasteiger partial charge in [-0.05, 0) is 21.0 Å². The van der Waals surface area contributed by atoms with E-state index >= 15 is 0 Å². The highest BCUT2D eigenvalue weighted by atomic mass is 35.5. The van der Waals surface area contributed by atoms with Gasteiger partial charge in [0.05, 0.1) is 0 Å². The Bertz CT molecular complexity index is 123. The molecule has 0 aliphatic heterocycles. The van der Waals surface area contributed by atoms with Crippen LogP contribution < -0.4 is 5.32 Å². The van der Waals surface area contributed by atoms with Crippen LogP contribution in [0.15, 0.2) is 11.6 Å². The van der Waals surface area contributed by atoms with E-state index in [-0.39, 0.29) is 0 Å². The number of likely N-dealkylation sites (N-methyl/N-ethyl adjacent to an activating group) is 1. The maximum Gasteiger partial charge on any atom is 0.0310 e. The third kappa shape index (κ3) is 7.85. The highest BCUT2D eigenvalue weighted by Gasteiger charge is 2.01. The molecule has 0 saturated heterocycles. The molecule has 1 unspecified atom stereocenters. The molecule has 2 nitrogen and oxygen atoms in total. The summed E-state index contributed by atoms with van der Waals surface area (Å²) < 4.78 is 0. The van der Waals surface area contributed by atoms with Crippen LogP contribution >= 0.6 is 11.6 Å². The van der Waals surface area contributed by atoms with E-state index in [1.54, 1.807) is 0 Å². The van der Waals surface area contributed by atoms with Crippen molar-refractivity contribution >= 4 is 11.6 Å². The summed E-state index contributed by atoms with van der Waals surface area (Å²) in [7, 11) is 4.10. The fraction of sp³-hybridized carbons (Fsp3) is 0.750. The van der Waals surface area contributed by atoms with Gasteiger partial charge in [0.15, 0.2) is 0 Å². The van der Waals surface area contributed by atoms with E-state index in [1.807, 2.05) is 14.1 Å². The minimum Gasteiger partial charge on any atom is -0.308 e. The minimum absolute atomic E-state index is 0.459. The Kier molecular flexibility index (Phi) is 5.56. The summed E-state index contributed by atoms with van der Waals surface area (Å²) in [5, 5.41) is 3.90. The van der Waals surface area contributed by atoms with Crippen molar-refractivity contribution in [2.45, 2.75) is 13.0 Å². The summed E-state index contributed by atoms with van der Waals surface area (Å²) in [6.07, 6.45) is 0. The van der Waals surface area contributed by atoms with Gasteiger partial charge in [-0.2, -0.15) is 0 Å². The van der Waals surface area contributed by atoms with Crippen LogP contribution in [0.5, 0.6) is 0 Å². The third-order valence-corrected chi connectivity index (χ3v) is 1.41. The fourth-order valence-electron chi connectivity index (χ4n) is 0.897. The molecule has 0 rings (SSSR count). The van der Waals surface area contributed by atoms with E-state index in [1.165, 1.54) is 0 Å². The Balaban J connectivity index is 3.37. The Hall–Kier alpha value is -0.0500. The predicted octanol–water partition coefficient (Wildman–Crippen LogP) is 1.28. The van der Waals surface area contributed by atoms with Gasteiger partial charge in [0, 0.05) is 24.2 Å². The minimum atomic E-state index is 0.459. The molecule has 0 aromatic carbocycles. The molecule has 0 aliphatic carbocycles. The molecule has 0 amide bonds. The van der Waals surface area contributed by atoms with Gasteiger partial charge in [-0.15, -0.1) is 0 Å². The van der Waals surface area contributed by atoms with Gasteiger partial charge in [0.2, 0.25) is 0 Å². The lowest BCUT2D eigenvalue weighted by atomic mass is 10.3. The van der Waals surface area contributed by atoms with Gasteiger partial charge >= 0.3 is 0 Å². The lowest BCUT2D eigenvalue weighted by Crippen LogP contribution is -2.36. The molecule has 0 bridgehead atoms. The topological polar surface area (TPSA) is 15.3 Å². The standard InChI is InChI=1S/C8H17ClN2/c1-7(9)5-10-8(2)6-11(3)4/h8,10H,1,5-6H2,2-4H3. The van der Waals surface area contributed by atoms with Crippen molar-refractivity contribution in [3.05, 3.63) is 11.6 Å². The second kappa shape index (κ2) is 5.58. The molecule has 1 N–H and O–H groups in total. The smallest absolute Gasteiger partial charge is 0.0310 e. The van der Waals surface area contributed by atoms with Gasteiger partial charge < -0.3 is 10.2 Å². The van der Waals surface area contributed by atoms with Crippen LogP contribution in [0, 0.1) is 0 Å². The van der Waals surface area contributed by atoms with Crippen LogP contribution in [-0.2, 0) is 0 Å². The van der Waals surface area contributed by atoms with Gasteiger partial charge in [-0.1, -0.05) is 18.2 Å². The summed E-state index contributed by atoms with van der Waals surface area (Å²) in [5.41, 5.74) is 0. The number of rotatable bonds is 5. The molecular weight excluding hydrogens is 160 g/mol. The van der Waals surface area contributed by atoms with E-state index in [9.17, 15) is 0 Å². The van der Waals surface area contributed by atoms with Gasteiger partial charge in [-0.25, -0.2) is 0 Å². The first-order chi connectivity index (χ1) is 5.02. The molecule has 0 saturated carbocycles. The molecule has 1 atom stereocenters. The summed E-state index contributed by atoms with van der Waals surface area (Å²) in [5.74, 6) is 0. The fourth-order valence-corrected chi connectivity index (χ4v) is 0.974. The second-order valence-corrected chi connectivity index (χ2v) is 3.60. The molecule has 0 aromatic heterocycles. The maximum atomic E-state index is 5.59. The molecule has 0 aliphatic rings. The maximum absolute atomic E-state index is 5.59. The van der Waals surface area contributed by atoms with Gasteiger partial charge in [0.1, 0.15) is 0 Å². The first kappa shape index (κ1) is 11.0. The molecule has 3 heteroatoms. The van der Waals surface area contributed by atoms with Crippen LogP contribution in [0.4, 0.5) is 0 Å². The quantitative estimate of drug-likeness (QED) is 0.679. The molecule has 0 radical (unpaired) electrons. The highest BCUT2D eigenvalue weighted by Crippen LogP contribution is 1.94. The van der Waals surface area contributed by atoms with Crippen LogP contribution in [0.25, 0.3) is 0 Å². The van der Waals surface area contributed by atoms with Gasteiger partial charge in [-0.3, -0.25) is 0 Å². The van der Waals surface area contributed by atoms with E-state index in [0.29, 0.717) is 17.6 Å². The number of halogens is 1. The van der Waals surface area contributed by atoms with E-state index in [2.05, 4.69) is 23.7 Å². The third-order valence-electron chi connectivity index (χ3n) is 1.28. The Morgan fingerprint density at radius 2 is 2.18 bits per heavy atom. The zero-order valence-electron chi connectivity index (χ0n) is 7.52. The largest absolute Gasteiger partial charge is 0.308 e. The van der Waals surface area contributed by atoms with Crippen molar-refractivity contribution < 1.29 is 0 Å². The highest BCUT2D eigenvalue weighted by molar-refractivity contribution is 6.29. The molecule has 11 heavy (non-hydrogen) atoms. The van der Waals surface area contributed by atoms with Crippen LogP contribution in [-0.4, -0.2) is 38.1 Å². The lowest BCUT2D eigenvalue weighted by molar-refractivity contribution is 0.355. The van der Waals surface area contributed by atoms with Crippen LogP contribution in [0.3, 0.4) is 0 Å². The molecular formula is C8H17ClN2. The van der Waals surface area contributed by atoms with Crippen molar-refractivity contribution in [3.8, 4) is 0 Å². The number of hydrogen-bond acceptors (Lipinski definition) is 2. The molecule has 0 fully saturated rings. The lowest BCUT2D eigenvalue weighted by Gasteiger charge is -2.17. The van der Waals surface area contributed by atoms with Crippen LogP contribution in [0.2, 0.25) is 0 Å². The predicted molar refractivity (Wildman–Crippen MR) is 51.0 cm³/mol. The van der Waals surface area contributed by atoms with Crippen molar-refractivity contribution in [1.29, 1.82) is 0 Å². The van der Waals surface area contributed by atoms with Crippen molar-refractivity contribution in [2.75, 3.05) is 27.2 Å². The number of nitrogens with one attached hydrogen (secondary N) is 1. The first-order valence-corrected chi connectivity index (χ1v) is 4.11. The summed E-state index contributed by atoms with van der Waals surface area (Å²) in [6.45, 7) is 7.43. The summed E-state index contributed by atoms with van der Waals surface area (Å²) in [6, 6.07) is 0.459. The number of nitrogens with zero attached hydrogens (tertiary/aromatic N) is 1. The molecule has 0 aromatic rings. The second-order valence-electron chi connectivity index (χ2n) is 3.06. The number of hydrogen-bond donors (Lipinski definition) is 1. The average Bonchev–Trinajstić information content (AvgIpc) is 1.82. The summed E-state index contributed by atoms with van der Waals surface area (Å²) >= 11 is 5.59. The summed E-state index contributed by atoms with van der Waals surface area (Å²) in [4.78, 5) is 2.13. The Labute approximate surface area is 74.2 Å². The van der Waals surface area contributed by atoms with Gasteiger partial charge in [0.25, 0.3) is 0 Å². The van der Waals surface area contributed by atoms with Crippen LogP contribution in [0.1, 0.15) is 6.92 Å². The Morgan fingerprint density at radius 3 is 2.55 bits per heavy atom. The SMILES string of the molecule is C=C(Cl)CNC(C)CN(C)C. The van der Waals surface area contributed by atoms with Crippen molar-refractivity contribution in [1.82, 2.24) is 10.2 Å². The molecule has 0 spiro atoms. The monoisotopic (exact) mass is 176 g/mol. The van der Waals surface area contributed by atoms with Crippen molar-refractivity contribution in [2.24, 2.45) is 0 Å². The Morgan fingerprint density at radius 1 is 1.64 bits per heavy atom. The normalized spacial score (nSPS) is 13.5. The van der Waals surface area contributed by atoms with E-state index in [0.717, 1.165) is 6.54 Å². The first-order valence-electron chi connectivity index (χ1n) is 3.73. The zero-order chi connectivity index (χ0) is 8.85. The molecule has 66 valence electrons. The van der Waals surface area contributed by atoms with Crippen molar-refractivity contribution in [3.63, 3.8) is 0 Å². The van der Waals surface area contributed by atoms with E-state index in [4.69, 9.17) is 11.6 Å². The average molecular weight is 177 g/mol. The molecule has 0 heterocycles. The zero-order valence-corrected chi connectivity index (χ0v) is 8.28. The van der Waals surface area contributed by atoms with E-state index < -0.39 is 0 Å².